The van der Waals surface area contributed by atoms with Crippen molar-refractivity contribution in [3.63, 3.8) is 0 Å². The van der Waals surface area contributed by atoms with E-state index >= 15 is 0 Å². The number of carbonyl (C=O) groups is 2. The predicted octanol–water partition coefficient (Wildman–Crippen LogP) is -0.414. The van der Waals surface area contributed by atoms with Crippen molar-refractivity contribution in [3.8, 4) is 0 Å². The van der Waals surface area contributed by atoms with E-state index in [1.54, 1.807) is 6.92 Å². The highest BCUT2D eigenvalue weighted by Gasteiger charge is 2.17. The van der Waals surface area contributed by atoms with E-state index in [9.17, 15) is 9.59 Å². The van der Waals surface area contributed by atoms with Gasteiger partial charge in [-0.05, 0) is 38.8 Å². The molecule has 3 amide bonds. The van der Waals surface area contributed by atoms with E-state index in [0.29, 0.717) is 12.5 Å². The molecule has 1 aliphatic rings. The molecule has 1 heterocycles. The van der Waals surface area contributed by atoms with Gasteiger partial charge < -0.3 is 15.8 Å². The highest BCUT2D eigenvalue weighted by Crippen LogP contribution is 2.12. The van der Waals surface area contributed by atoms with Crippen LogP contribution in [0.2, 0.25) is 0 Å². The fourth-order valence-electron chi connectivity index (χ4n) is 1.67. The first kappa shape index (κ1) is 12.9. The second kappa shape index (κ2) is 6.44. The van der Waals surface area contributed by atoms with E-state index in [1.807, 2.05) is 5.32 Å². The Kier molecular flexibility index (Phi) is 5.21. The molecular formula is C10H19N3O3. The Morgan fingerprint density at radius 3 is 2.94 bits per heavy atom. The summed E-state index contributed by atoms with van der Waals surface area (Å²) in [6.45, 7) is 4.21. The van der Waals surface area contributed by atoms with Gasteiger partial charge in [-0.3, -0.25) is 10.1 Å². The molecule has 1 saturated heterocycles. The summed E-state index contributed by atoms with van der Waals surface area (Å²) in [5, 5.41) is 5.25. The SMILES string of the molecule is CC(OCCC1CCNC1)C(=O)NC(N)=O. The minimum atomic E-state index is -0.847. The van der Waals surface area contributed by atoms with E-state index in [0.717, 1.165) is 25.9 Å². The molecule has 0 saturated carbocycles. The summed E-state index contributed by atoms with van der Waals surface area (Å²) >= 11 is 0. The number of carbonyl (C=O) groups excluding carboxylic acids is 2. The molecule has 16 heavy (non-hydrogen) atoms. The lowest BCUT2D eigenvalue weighted by Gasteiger charge is -2.13. The molecule has 6 heteroatoms. The molecule has 0 aromatic carbocycles. The van der Waals surface area contributed by atoms with Crippen molar-refractivity contribution in [1.29, 1.82) is 0 Å². The van der Waals surface area contributed by atoms with Crippen molar-refractivity contribution in [2.75, 3.05) is 19.7 Å². The van der Waals surface area contributed by atoms with Crippen LogP contribution < -0.4 is 16.4 Å². The van der Waals surface area contributed by atoms with Gasteiger partial charge in [-0.2, -0.15) is 0 Å². The Morgan fingerprint density at radius 2 is 2.38 bits per heavy atom. The van der Waals surface area contributed by atoms with Crippen LogP contribution in [0.1, 0.15) is 19.8 Å². The van der Waals surface area contributed by atoms with Crippen LogP contribution in [0.25, 0.3) is 0 Å². The summed E-state index contributed by atoms with van der Waals surface area (Å²) in [7, 11) is 0. The minimum absolute atomic E-state index is 0.489. The van der Waals surface area contributed by atoms with E-state index in [-0.39, 0.29) is 0 Å². The Labute approximate surface area is 94.9 Å². The van der Waals surface area contributed by atoms with Gasteiger partial charge in [0.05, 0.1) is 0 Å². The fraction of sp³-hybridized carbons (Fsp3) is 0.800. The summed E-state index contributed by atoms with van der Waals surface area (Å²) in [5.74, 6) is 0.142. The first-order valence-corrected chi connectivity index (χ1v) is 5.52. The van der Waals surface area contributed by atoms with Gasteiger partial charge in [-0.25, -0.2) is 4.79 Å². The van der Waals surface area contributed by atoms with Gasteiger partial charge in [0.2, 0.25) is 0 Å². The van der Waals surface area contributed by atoms with Gasteiger partial charge >= 0.3 is 6.03 Å². The van der Waals surface area contributed by atoms with Crippen LogP contribution in [0.15, 0.2) is 0 Å². The van der Waals surface area contributed by atoms with Gasteiger partial charge in [0.1, 0.15) is 6.10 Å². The monoisotopic (exact) mass is 229 g/mol. The van der Waals surface area contributed by atoms with Crippen LogP contribution >= 0.6 is 0 Å². The third kappa shape index (κ3) is 4.59. The van der Waals surface area contributed by atoms with Gasteiger partial charge in [0.15, 0.2) is 0 Å². The van der Waals surface area contributed by atoms with Crippen LogP contribution in [-0.2, 0) is 9.53 Å². The number of nitrogens with two attached hydrogens (primary N) is 1. The highest BCUT2D eigenvalue weighted by molar-refractivity contribution is 5.95. The van der Waals surface area contributed by atoms with Crippen molar-refractivity contribution in [1.82, 2.24) is 10.6 Å². The zero-order chi connectivity index (χ0) is 12.0. The van der Waals surface area contributed by atoms with Gasteiger partial charge in [0.25, 0.3) is 5.91 Å². The van der Waals surface area contributed by atoms with Crippen LogP contribution in [0.5, 0.6) is 0 Å². The fourth-order valence-corrected chi connectivity index (χ4v) is 1.67. The van der Waals surface area contributed by atoms with Crippen molar-refractivity contribution >= 4 is 11.9 Å². The molecule has 1 aliphatic heterocycles. The van der Waals surface area contributed by atoms with Crippen LogP contribution in [0.4, 0.5) is 4.79 Å². The Hall–Kier alpha value is -1.14. The first-order chi connectivity index (χ1) is 7.59. The number of primary amides is 1. The highest BCUT2D eigenvalue weighted by atomic mass is 16.5. The number of rotatable bonds is 5. The predicted molar refractivity (Wildman–Crippen MR) is 58.7 cm³/mol. The normalized spacial score (nSPS) is 21.7. The molecule has 1 rings (SSSR count). The third-order valence-corrected chi connectivity index (χ3v) is 2.67. The number of imide groups is 1. The first-order valence-electron chi connectivity index (χ1n) is 5.52. The molecule has 2 atom stereocenters. The number of urea groups is 1. The van der Waals surface area contributed by atoms with Gasteiger partial charge in [-0.15, -0.1) is 0 Å². The molecule has 0 spiro atoms. The third-order valence-electron chi connectivity index (χ3n) is 2.67. The van der Waals surface area contributed by atoms with E-state index in [1.165, 1.54) is 0 Å². The number of ether oxygens (including phenoxy) is 1. The molecule has 2 unspecified atom stereocenters. The molecule has 1 fully saturated rings. The van der Waals surface area contributed by atoms with E-state index in [4.69, 9.17) is 10.5 Å². The molecule has 0 radical (unpaired) electrons. The van der Waals surface area contributed by atoms with Gasteiger partial charge in [-0.1, -0.05) is 0 Å². The molecular weight excluding hydrogens is 210 g/mol. The molecule has 0 aromatic rings. The summed E-state index contributed by atoms with van der Waals surface area (Å²) in [6, 6.07) is -0.847. The molecule has 6 nitrogen and oxygen atoms in total. The van der Waals surface area contributed by atoms with E-state index in [2.05, 4.69) is 5.32 Å². The largest absolute Gasteiger partial charge is 0.369 e. The molecule has 0 bridgehead atoms. The standard InChI is InChI=1S/C10H19N3O3/c1-7(9(14)13-10(11)15)16-5-3-8-2-4-12-6-8/h7-8,12H,2-6H2,1H3,(H3,11,13,14,15). The maximum Gasteiger partial charge on any atom is 0.318 e. The molecule has 4 N–H and O–H groups in total. The zero-order valence-electron chi connectivity index (χ0n) is 9.49. The average Bonchev–Trinajstić information content (AvgIpc) is 2.69. The van der Waals surface area contributed by atoms with Crippen molar-refractivity contribution in [2.45, 2.75) is 25.9 Å². The lowest BCUT2D eigenvalue weighted by atomic mass is 10.1. The summed E-state index contributed by atoms with van der Waals surface area (Å²) in [6.07, 6.45) is 1.45. The van der Waals surface area contributed by atoms with Crippen LogP contribution in [-0.4, -0.2) is 37.7 Å². The summed E-state index contributed by atoms with van der Waals surface area (Å²) < 4.78 is 5.32. The quantitative estimate of drug-likeness (QED) is 0.597. The Morgan fingerprint density at radius 1 is 1.62 bits per heavy atom. The molecule has 92 valence electrons. The van der Waals surface area contributed by atoms with Crippen LogP contribution in [0.3, 0.4) is 0 Å². The number of hydrogen-bond acceptors (Lipinski definition) is 4. The average molecular weight is 229 g/mol. The summed E-state index contributed by atoms with van der Waals surface area (Å²) in [5.41, 5.74) is 4.82. The molecule has 0 aromatic heterocycles. The van der Waals surface area contributed by atoms with Crippen molar-refractivity contribution in [3.05, 3.63) is 0 Å². The lowest BCUT2D eigenvalue weighted by Crippen LogP contribution is -2.41. The maximum atomic E-state index is 11.2. The summed E-state index contributed by atoms with van der Waals surface area (Å²) in [4.78, 5) is 21.7. The topological polar surface area (TPSA) is 93.4 Å². The second-order valence-electron chi connectivity index (χ2n) is 4.01. The molecule has 0 aliphatic carbocycles. The Bertz CT molecular complexity index is 252. The lowest BCUT2D eigenvalue weighted by molar-refractivity contribution is -0.130. The van der Waals surface area contributed by atoms with Crippen molar-refractivity contribution < 1.29 is 14.3 Å². The number of nitrogens with one attached hydrogen (secondary N) is 2. The van der Waals surface area contributed by atoms with Crippen molar-refractivity contribution in [2.24, 2.45) is 11.7 Å². The smallest absolute Gasteiger partial charge is 0.318 e. The Balaban J connectivity index is 2.11. The van der Waals surface area contributed by atoms with Crippen LogP contribution in [0, 0.1) is 5.92 Å². The van der Waals surface area contributed by atoms with Gasteiger partial charge in [0, 0.05) is 6.61 Å². The maximum absolute atomic E-state index is 11.2. The second-order valence-corrected chi connectivity index (χ2v) is 4.01. The number of amides is 3. The zero-order valence-corrected chi connectivity index (χ0v) is 9.49. The number of hydrogen-bond donors (Lipinski definition) is 3. The van der Waals surface area contributed by atoms with E-state index < -0.39 is 18.0 Å². The minimum Gasteiger partial charge on any atom is -0.369 e.